The van der Waals surface area contributed by atoms with Crippen LogP contribution < -0.4 is 10.8 Å². The van der Waals surface area contributed by atoms with E-state index in [4.69, 9.17) is 4.98 Å². The van der Waals surface area contributed by atoms with Crippen molar-refractivity contribution in [1.82, 2.24) is 19.5 Å². The minimum Gasteiger partial charge on any atom is -0.507 e. The van der Waals surface area contributed by atoms with Crippen LogP contribution in [-0.4, -0.2) is 58.0 Å². The lowest BCUT2D eigenvalue weighted by Crippen LogP contribution is -2.39. The monoisotopic (exact) mass is 471 g/mol. The number of rotatable bonds is 6. The van der Waals surface area contributed by atoms with Crippen LogP contribution in [-0.2, 0) is 4.79 Å². The Hall–Kier alpha value is -3.59. The highest BCUT2D eigenvalue weighted by Crippen LogP contribution is 2.29. The van der Waals surface area contributed by atoms with Crippen LogP contribution in [0.3, 0.4) is 0 Å². The molecular formula is C25H26BN5O2S. The SMILES string of the molecule is Bc1cnn2c(NCC3CCN(C(=O)/C=C/c4ccsc4)CC3)cc(-c3ccccc3O)nc12. The van der Waals surface area contributed by atoms with E-state index < -0.39 is 0 Å². The summed E-state index contributed by atoms with van der Waals surface area (Å²) in [5.41, 5.74) is 4.20. The minimum atomic E-state index is 0.0766. The van der Waals surface area contributed by atoms with Crippen molar-refractivity contribution in [2.45, 2.75) is 12.8 Å². The third-order valence-electron chi connectivity index (χ3n) is 6.29. The van der Waals surface area contributed by atoms with Gasteiger partial charge in [0.25, 0.3) is 0 Å². The lowest BCUT2D eigenvalue weighted by Gasteiger charge is -2.31. The maximum absolute atomic E-state index is 12.5. The van der Waals surface area contributed by atoms with Crippen LogP contribution >= 0.6 is 11.3 Å². The van der Waals surface area contributed by atoms with Crippen LogP contribution in [0.2, 0.25) is 0 Å². The molecule has 1 aliphatic heterocycles. The molecular weight excluding hydrogens is 445 g/mol. The predicted octanol–water partition coefficient (Wildman–Crippen LogP) is 2.79. The van der Waals surface area contributed by atoms with Crippen LogP contribution in [0, 0.1) is 5.92 Å². The van der Waals surface area contributed by atoms with Gasteiger partial charge in [0.1, 0.15) is 19.4 Å². The first kappa shape index (κ1) is 22.2. The van der Waals surface area contributed by atoms with E-state index in [1.54, 1.807) is 35.7 Å². The van der Waals surface area contributed by atoms with Gasteiger partial charge in [0, 0.05) is 43.5 Å². The van der Waals surface area contributed by atoms with Crippen molar-refractivity contribution in [2.75, 3.05) is 25.0 Å². The number of para-hydroxylation sites is 1. The van der Waals surface area contributed by atoms with Gasteiger partial charge >= 0.3 is 0 Å². The highest BCUT2D eigenvalue weighted by Gasteiger charge is 2.22. The molecule has 0 radical (unpaired) electrons. The van der Waals surface area contributed by atoms with E-state index in [0.29, 0.717) is 17.2 Å². The number of nitrogens with one attached hydrogen (secondary N) is 1. The average molecular weight is 471 g/mol. The summed E-state index contributed by atoms with van der Waals surface area (Å²) in [6, 6.07) is 11.2. The standard InChI is InChI=1S/C25H26BN5O2S/c26-20-15-28-31-23(13-21(29-25(20)31)19-3-1-2-4-22(19)32)27-14-17-7-10-30(11-8-17)24(33)6-5-18-9-12-34-16-18/h1-6,9,12-13,15-17,27,32H,7-8,10-11,14,26H2/b6-5+. The highest BCUT2D eigenvalue weighted by atomic mass is 32.1. The minimum absolute atomic E-state index is 0.0766. The lowest BCUT2D eigenvalue weighted by atomic mass is 9.96. The van der Waals surface area contributed by atoms with Crippen molar-refractivity contribution >= 4 is 48.1 Å². The van der Waals surface area contributed by atoms with Crippen LogP contribution in [0.4, 0.5) is 5.82 Å². The van der Waals surface area contributed by atoms with Gasteiger partial charge in [-0.2, -0.15) is 21.0 Å². The number of carbonyl (C=O) groups is 1. The normalized spacial score (nSPS) is 14.8. The molecule has 34 heavy (non-hydrogen) atoms. The lowest BCUT2D eigenvalue weighted by molar-refractivity contribution is -0.127. The number of thiophene rings is 1. The smallest absolute Gasteiger partial charge is 0.246 e. The number of hydrogen-bond acceptors (Lipinski definition) is 6. The fraction of sp³-hybridized carbons (Fsp3) is 0.240. The molecule has 2 N–H and O–H groups in total. The number of piperidine rings is 1. The molecule has 4 heterocycles. The summed E-state index contributed by atoms with van der Waals surface area (Å²) in [6.45, 7) is 2.30. The third kappa shape index (κ3) is 4.70. The first-order chi connectivity index (χ1) is 16.6. The second-order valence-electron chi connectivity index (χ2n) is 8.65. The summed E-state index contributed by atoms with van der Waals surface area (Å²) in [7, 11) is 1.98. The molecule has 0 atom stereocenters. The first-order valence-electron chi connectivity index (χ1n) is 11.5. The van der Waals surface area contributed by atoms with Crippen molar-refractivity contribution in [3.8, 4) is 17.0 Å². The fourth-order valence-electron chi connectivity index (χ4n) is 4.28. The number of carbonyl (C=O) groups excluding carboxylic acids is 1. The molecule has 1 aromatic carbocycles. The van der Waals surface area contributed by atoms with Gasteiger partial charge < -0.3 is 15.3 Å². The molecule has 1 aliphatic rings. The second kappa shape index (κ2) is 9.73. The zero-order chi connectivity index (χ0) is 23.5. The number of likely N-dealkylation sites (tertiary alicyclic amines) is 1. The first-order valence-corrected chi connectivity index (χ1v) is 12.4. The number of hydrogen-bond donors (Lipinski definition) is 2. The van der Waals surface area contributed by atoms with Gasteiger partial charge in [-0.15, -0.1) is 0 Å². The Kier molecular flexibility index (Phi) is 6.36. The molecule has 1 fully saturated rings. The number of aromatic nitrogens is 3. The van der Waals surface area contributed by atoms with Gasteiger partial charge in [-0.3, -0.25) is 4.79 Å². The van der Waals surface area contributed by atoms with E-state index in [-0.39, 0.29) is 11.7 Å². The van der Waals surface area contributed by atoms with Crippen LogP contribution in [0.1, 0.15) is 18.4 Å². The van der Waals surface area contributed by atoms with Crippen molar-refractivity contribution in [1.29, 1.82) is 0 Å². The molecule has 0 unspecified atom stereocenters. The number of nitrogens with zero attached hydrogens (tertiary/aromatic N) is 4. The summed E-state index contributed by atoms with van der Waals surface area (Å²) in [5.74, 6) is 1.58. The van der Waals surface area contributed by atoms with Crippen molar-refractivity contribution in [3.05, 3.63) is 65.0 Å². The molecule has 0 aliphatic carbocycles. The second-order valence-corrected chi connectivity index (χ2v) is 9.43. The van der Waals surface area contributed by atoms with E-state index in [9.17, 15) is 9.90 Å². The number of amides is 1. The van der Waals surface area contributed by atoms with Crippen LogP contribution in [0.5, 0.6) is 5.75 Å². The number of benzene rings is 1. The van der Waals surface area contributed by atoms with Crippen LogP contribution in [0.15, 0.2) is 59.4 Å². The predicted molar refractivity (Wildman–Crippen MR) is 139 cm³/mol. The Morgan fingerprint density at radius 3 is 2.85 bits per heavy atom. The summed E-state index contributed by atoms with van der Waals surface area (Å²) in [5, 5.41) is 22.4. The number of anilines is 1. The van der Waals surface area contributed by atoms with Gasteiger partial charge in [0.15, 0.2) is 5.65 Å². The van der Waals surface area contributed by atoms with Gasteiger partial charge in [-0.25, -0.2) is 4.98 Å². The number of phenols is 1. The fourth-order valence-corrected chi connectivity index (χ4v) is 4.90. The number of phenolic OH excluding ortho intramolecular Hbond substituents is 1. The zero-order valence-corrected chi connectivity index (χ0v) is 19.8. The molecule has 172 valence electrons. The van der Waals surface area contributed by atoms with Gasteiger partial charge in [0.05, 0.1) is 5.69 Å². The summed E-state index contributed by atoms with van der Waals surface area (Å²) >= 11 is 1.63. The van der Waals surface area contributed by atoms with Crippen LogP contribution in [0.25, 0.3) is 23.0 Å². The summed E-state index contributed by atoms with van der Waals surface area (Å²) < 4.78 is 1.81. The topological polar surface area (TPSA) is 82.8 Å². The molecule has 1 amide bonds. The van der Waals surface area contributed by atoms with Gasteiger partial charge in [0.2, 0.25) is 5.91 Å². The van der Waals surface area contributed by atoms with E-state index in [2.05, 4.69) is 10.4 Å². The molecule has 5 rings (SSSR count). The maximum Gasteiger partial charge on any atom is 0.246 e. The Labute approximate surface area is 203 Å². The Morgan fingerprint density at radius 2 is 2.09 bits per heavy atom. The largest absolute Gasteiger partial charge is 0.507 e. The molecule has 1 saturated heterocycles. The Balaban J connectivity index is 1.25. The molecule has 3 aromatic heterocycles. The van der Waals surface area contributed by atoms with Crippen molar-refractivity contribution < 1.29 is 9.90 Å². The van der Waals surface area contributed by atoms with E-state index in [1.807, 2.05) is 58.4 Å². The third-order valence-corrected chi connectivity index (χ3v) is 6.99. The zero-order valence-electron chi connectivity index (χ0n) is 19.0. The molecule has 0 spiro atoms. The number of fused-ring (bicyclic) bond motifs is 1. The summed E-state index contributed by atoms with van der Waals surface area (Å²) in [6.07, 6.45) is 7.26. The quantitative estimate of drug-likeness (QED) is 0.334. The highest BCUT2D eigenvalue weighted by molar-refractivity contribution is 7.08. The molecule has 9 heteroatoms. The average Bonchev–Trinajstić information content (AvgIpc) is 3.52. The molecule has 7 nitrogen and oxygen atoms in total. The van der Waals surface area contributed by atoms with E-state index >= 15 is 0 Å². The van der Waals surface area contributed by atoms with Crippen molar-refractivity contribution in [2.24, 2.45) is 5.92 Å². The van der Waals surface area contributed by atoms with E-state index in [0.717, 1.165) is 55.0 Å². The summed E-state index contributed by atoms with van der Waals surface area (Å²) in [4.78, 5) is 19.2. The van der Waals surface area contributed by atoms with Crippen molar-refractivity contribution in [3.63, 3.8) is 0 Å². The maximum atomic E-state index is 12.5. The van der Waals surface area contributed by atoms with Gasteiger partial charge in [-0.05, 0) is 64.8 Å². The Morgan fingerprint density at radius 1 is 1.26 bits per heavy atom. The molecule has 0 saturated carbocycles. The number of aromatic hydroxyl groups is 1. The van der Waals surface area contributed by atoms with E-state index in [1.165, 1.54) is 0 Å². The molecule has 4 aromatic rings. The van der Waals surface area contributed by atoms with Gasteiger partial charge in [-0.1, -0.05) is 12.1 Å². The molecule has 0 bridgehead atoms. The Bertz CT molecular complexity index is 1330.